The third-order valence-corrected chi connectivity index (χ3v) is 5.39. The molecule has 5 nitrogen and oxygen atoms in total. The molecule has 26 heavy (non-hydrogen) atoms. The lowest BCUT2D eigenvalue weighted by Crippen LogP contribution is -2.53. The maximum absolute atomic E-state index is 12.5. The summed E-state index contributed by atoms with van der Waals surface area (Å²) in [4.78, 5) is 12.5. The van der Waals surface area contributed by atoms with Gasteiger partial charge in [-0.3, -0.25) is 0 Å². The molecular weight excluding hydrogens is 396 g/mol. The van der Waals surface area contributed by atoms with Gasteiger partial charge in [-0.05, 0) is 54.7 Å². The Morgan fingerprint density at radius 3 is 2.35 bits per heavy atom. The summed E-state index contributed by atoms with van der Waals surface area (Å²) < 4.78 is 11.6. The highest BCUT2D eigenvalue weighted by molar-refractivity contribution is 9.10. The van der Waals surface area contributed by atoms with Crippen LogP contribution in [0, 0.1) is 0 Å². The van der Waals surface area contributed by atoms with Crippen molar-refractivity contribution in [1.82, 2.24) is 10.6 Å². The highest BCUT2D eigenvalue weighted by Gasteiger charge is 2.39. The van der Waals surface area contributed by atoms with Crippen LogP contribution in [0.15, 0.2) is 46.9 Å². The van der Waals surface area contributed by atoms with Gasteiger partial charge in [0.1, 0.15) is 0 Å². The van der Waals surface area contributed by atoms with Crippen LogP contribution >= 0.6 is 15.9 Å². The minimum Gasteiger partial charge on any atom is -0.493 e. The Morgan fingerprint density at radius 1 is 1.08 bits per heavy atom. The van der Waals surface area contributed by atoms with E-state index >= 15 is 0 Å². The van der Waals surface area contributed by atoms with Crippen LogP contribution in [0.3, 0.4) is 0 Å². The monoisotopic (exact) mass is 418 g/mol. The van der Waals surface area contributed by atoms with Crippen molar-refractivity contribution in [3.8, 4) is 11.5 Å². The van der Waals surface area contributed by atoms with Gasteiger partial charge in [0.05, 0.1) is 19.8 Å². The number of hydrogen-bond donors (Lipinski definition) is 2. The molecule has 1 saturated carbocycles. The molecular formula is C20H23BrN2O3. The van der Waals surface area contributed by atoms with Crippen LogP contribution in [-0.2, 0) is 12.1 Å². The van der Waals surface area contributed by atoms with Crippen LogP contribution in [0.5, 0.6) is 11.5 Å². The molecule has 2 amide bonds. The van der Waals surface area contributed by atoms with Crippen molar-refractivity contribution in [1.29, 1.82) is 0 Å². The van der Waals surface area contributed by atoms with E-state index in [1.165, 1.54) is 0 Å². The molecule has 1 aliphatic rings. The van der Waals surface area contributed by atoms with Gasteiger partial charge in [-0.15, -0.1) is 0 Å². The number of benzene rings is 2. The van der Waals surface area contributed by atoms with Gasteiger partial charge in [0.2, 0.25) is 0 Å². The van der Waals surface area contributed by atoms with Crippen molar-refractivity contribution in [2.75, 3.05) is 14.2 Å². The van der Waals surface area contributed by atoms with Crippen molar-refractivity contribution in [3.63, 3.8) is 0 Å². The molecule has 0 unspecified atom stereocenters. The molecule has 3 rings (SSSR count). The van der Waals surface area contributed by atoms with E-state index < -0.39 is 0 Å². The third-order valence-electron chi connectivity index (χ3n) is 4.86. The maximum Gasteiger partial charge on any atom is 0.315 e. The summed E-state index contributed by atoms with van der Waals surface area (Å²) in [5, 5.41) is 6.10. The van der Waals surface area contributed by atoms with Gasteiger partial charge in [-0.25, -0.2) is 4.79 Å². The first-order chi connectivity index (χ1) is 12.6. The van der Waals surface area contributed by atoms with Gasteiger partial charge in [0.25, 0.3) is 0 Å². The van der Waals surface area contributed by atoms with Gasteiger partial charge in [0.15, 0.2) is 11.5 Å². The van der Waals surface area contributed by atoms with Crippen molar-refractivity contribution < 1.29 is 14.3 Å². The second kappa shape index (κ2) is 7.99. The molecule has 0 bridgehead atoms. The highest BCUT2D eigenvalue weighted by atomic mass is 79.9. The summed E-state index contributed by atoms with van der Waals surface area (Å²) in [6.07, 6.45) is 3.03. The van der Waals surface area contributed by atoms with E-state index in [0.29, 0.717) is 18.0 Å². The Balaban J connectivity index is 1.62. The zero-order valence-corrected chi connectivity index (χ0v) is 16.6. The Morgan fingerprint density at radius 2 is 1.77 bits per heavy atom. The van der Waals surface area contributed by atoms with Crippen molar-refractivity contribution in [3.05, 3.63) is 58.1 Å². The SMILES string of the molecule is COc1ccc(CNC(=O)NC2(c3ccc(Br)cc3)CCC2)cc1OC. The predicted octanol–water partition coefficient (Wildman–Crippen LogP) is 4.34. The van der Waals surface area contributed by atoms with E-state index in [2.05, 4.69) is 38.7 Å². The molecule has 2 N–H and O–H groups in total. The summed E-state index contributed by atoms with van der Waals surface area (Å²) in [7, 11) is 3.20. The van der Waals surface area contributed by atoms with E-state index in [0.717, 1.165) is 34.9 Å². The molecule has 138 valence electrons. The zero-order valence-electron chi connectivity index (χ0n) is 15.0. The van der Waals surface area contributed by atoms with Crippen LogP contribution in [0.2, 0.25) is 0 Å². The first-order valence-corrected chi connectivity index (χ1v) is 9.38. The fourth-order valence-electron chi connectivity index (χ4n) is 3.22. The summed E-state index contributed by atoms with van der Waals surface area (Å²) in [5.74, 6) is 1.32. The Kier molecular flexibility index (Phi) is 5.71. The maximum atomic E-state index is 12.5. The number of carbonyl (C=O) groups excluding carboxylic acids is 1. The van der Waals surface area contributed by atoms with E-state index in [9.17, 15) is 4.79 Å². The van der Waals surface area contributed by atoms with E-state index in [1.54, 1.807) is 14.2 Å². The third kappa shape index (κ3) is 3.96. The van der Waals surface area contributed by atoms with Crippen molar-refractivity contribution in [2.45, 2.75) is 31.3 Å². The van der Waals surface area contributed by atoms with Crippen molar-refractivity contribution in [2.24, 2.45) is 0 Å². The predicted molar refractivity (Wildman–Crippen MR) is 105 cm³/mol. The number of ether oxygens (including phenoxy) is 2. The second-order valence-electron chi connectivity index (χ2n) is 6.44. The molecule has 6 heteroatoms. The molecule has 2 aromatic carbocycles. The largest absolute Gasteiger partial charge is 0.493 e. The van der Waals surface area contributed by atoms with E-state index in [-0.39, 0.29) is 11.6 Å². The lowest BCUT2D eigenvalue weighted by molar-refractivity contribution is 0.177. The van der Waals surface area contributed by atoms with Gasteiger partial charge in [-0.1, -0.05) is 34.1 Å². The molecule has 0 radical (unpaired) electrons. The first-order valence-electron chi connectivity index (χ1n) is 8.59. The zero-order chi connectivity index (χ0) is 18.6. The number of rotatable bonds is 6. The average Bonchev–Trinajstić information content (AvgIpc) is 2.63. The minimum atomic E-state index is -0.262. The molecule has 1 aliphatic carbocycles. The Labute approximate surface area is 162 Å². The lowest BCUT2D eigenvalue weighted by Gasteiger charge is -2.43. The average molecular weight is 419 g/mol. The Hall–Kier alpha value is -2.21. The molecule has 0 heterocycles. The molecule has 0 atom stereocenters. The van der Waals surface area contributed by atoms with Crippen LogP contribution < -0.4 is 20.1 Å². The second-order valence-corrected chi connectivity index (χ2v) is 7.36. The van der Waals surface area contributed by atoms with Gasteiger partial charge >= 0.3 is 6.03 Å². The molecule has 0 saturated heterocycles. The topological polar surface area (TPSA) is 59.6 Å². The number of hydrogen-bond acceptors (Lipinski definition) is 3. The van der Waals surface area contributed by atoms with E-state index in [1.807, 2.05) is 30.3 Å². The van der Waals surface area contributed by atoms with Gasteiger partial charge in [-0.2, -0.15) is 0 Å². The number of halogens is 1. The van der Waals surface area contributed by atoms with Gasteiger partial charge < -0.3 is 20.1 Å². The van der Waals surface area contributed by atoms with Gasteiger partial charge in [0, 0.05) is 11.0 Å². The first kappa shape index (κ1) is 18.6. The smallest absolute Gasteiger partial charge is 0.315 e. The summed E-state index contributed by atoms with van der Waals surface area (Å²) in [6, 6.07) is 13.6. The molecule has 0 aliphatic heterocycles. The van der Waals surface area contributed by atoms with Crippen LogP contribution in [0.4, 0.5) is 4.79 Å². The molecule has 2 aromatic rings. The quantitative estimate of drug-likeness (QED) is 0.732. The van der Waals surface area contributed by atoms with Crippen LogP contribution in [0.25, 0.3) is 0 Å². The summed E-state index contributed by atoms with van der Waals surface area (Å²) in [6.45, 7) is 0.419. The normalized spacial score (nSPS) is 14.9. The minimum absolute atomic E-state index is 0.164. The summed E-state index contributed by atoms with van der Waals surface area (Å²) in [5.41, 5.74) is 1.83. The van der Waals surface area contributed by atoms with E-state index in [4.69, 9.17) is 9.47 Å². The number of nitrogens with one attached hydrogen (secondary N) is 2. The van der Waals surface area contributed by atoms with Crippen LogP contribution in [0.1, 0.15) is 30.4 Å². The highest BCUT2D eigenvalue weighted by Crippen LogP contribution is 2.41. The number of methoxy groups -OCH3 is 2. The van der Waals surface area contributed by atoms with Crippen LogP contribution in [-0.4, -0.2) is 20.3 Å². The summed E-state index contributed by atoms with van der Waals surface area (Å²) >= 11 is 3.46. The standard InChI is InChI=1S/C20H23BrN2O3/c1-25-17-9-4-14(12-18(17)26-2)13-22-19(24)23-20(10-3-11-20)15-5-7-16(21)8-6-15/h4-9,12H,3,10-11,13H2,1-2H3,(H2,22,23,24). The fraction of sp³-hybridized carbons (Fsp3) is 0.350. The number of amides is 2. The molecule has 1 fully saturated rings. The number of carbonyl (C=O) groups is 1. The molecule has 0 aromatic heterocycles. The Bertz CT molecular complexity index is 773. The fourth-order valence-corrected chi connectivity index (χ4v) is 3.48. The van der Waals surface area contributed by atoms with Crippen molar-refractivity contribution >= 4 is 22.0 Å². The molecule has 0 spiro atoms. The lowest BCUT2D eigenvalue weighted by atomic mass is 9.72. The number of urea groups is 1.